The summed E-state index contributed by atoms with van der Waals surface area (Å²) in [5.74, 6) is 0.982. The molecule has 0 aromatic heterocycles. The van der Waals surface area contributed by atoms with Crippen molar-refractivity contribution in [2.45, 2.75) is 52.9 Å². The number of nitrogens with one attached hydrogen (secondary N) is 2. The van der Waals surface area contributed by atoms with Crippen LogP contribution in [0.4, 0.5) is 0 Å². The predicted molar refractivity (Wildman–Crippen MR) is 74.3 cm³/mol. The summed E-state index contributed by atoms with van der Waals surface area (Å²) >= 11 is 0. The molecule has 2 N–H and O–H groups in total. The maximum atomic E-state index is 12.5. The van der Waals surface area contributed by atoms with E-state index < -0.39 is 0 Å². The Hall–Kier alpha value is -0.570. The minimum absolute atomic E-state index is 0.133. The maximum Gasteiger partial charge on any atom is 0.227 e. The van der Waals surface area contributed by atoms with Crippen molar-refractivity contribution >= 4 is 5.91 Å². The normalized spacial score (nSPS) is 34.1. The van der Waals surface area contributed by atoms with Crippen molar-refractivity contribution in [1.29, 1.82) is 0 Å². The van der Waals surface area contributed by atoms with Crippen LogP contribution in [0.2, 0.25) is 0 Å². The molecule has 104 valence electrons. The standard InChI is InChI=1S/C15H28N2O/c1-4-6-15(7-5-8-16-11-15)13(18)17-10-12-9-14(12,2)3/h12,16H,4-11H2,1-3H3,(H,17,18). The van der Waals surface area contributed by atoms with Crippen LogP contribution in [0, 0.1) is 16.7 Å². The molecule has 0 aromatic carbocycles. The third kappa shape index (κ3) is 2.87. The lowest BCUT2D eigenvalue weighted by Crippen LogP contribution is -2.50. The summed E-state index contributed by atoms with van der Waals surface area (Å²) in [6.07, 6.45) is 5.53. The maximum absolute atomic E-state index is 12.5. The van der Waals surface area contributed by atoms with Gasteiger partial charge in [0.2, 0.25) is 5.91 Å². The number of hydrogen-bond acceptors (Lipinski definition) is 2. The van der Waals surface area contributed by atoms with Crippen LogP contribution in [0.3, 0.4) is 0 Å². The molecule has 2 aliphatic rings. The molecule has 1 aliphatic carbocycles. The fourth-order valence-electron chi connectivity index (χ4n) is 3.30. The summed E-state index contributed by atoms with van der Waals surface area (Å²) in [6, 6.07) is 0. The van der Waals surface area contributed by atoms with Gasteiger partial charge in [-0.1, -0.05) is 27.2 Å². The van der Waals surface area contributed by atoms with Crippen LogP contribution in [0.25, 0.3) is 0 Å². The van der Waals surface area contributed by atoms with Gasteiger partial charge in [0, 0.05) is 13.1 Å². The van der Waals surface area contributed by atoms with E-state index in [0.717, 1.165) is 45.3 Å². The molecule has 3 heteroatoms. The highest BCUT2D eigenvalue weighted by molar-refractivity contribution is 5.83. The Morgan fingerprint density at radius 3 is 2.67 bits per heavy atom. The molecule has 1 saturated carbocycles. The van der Waals surface area contributed by atoms with Gasteiger partial charge in [-0.05, 0) is 43.6 Å². The van der Waals surface area contributed by atoms with Gasteiger partial charge < -0.3 is 10.6 Å². The zero-order chi connectivity index (χ0) is 13.2. The van der Waals surface area contributed by atoms with Crippen LogP contribution in [-0.2, 0) is 4.79 Å². The van der Waals surface area contributed by atoms with Crippen LogP contribution in [0.1, 0.15) is 52.9 Å². The molecular weight excluding hydrogens is 224 g/mol. The van der Waals surface area contributed by atoms with Crippen molar-refractivity contribution in [2.24, 2.45) is 16.7 Å². The highest BCUT2D eigenvalue weighted by atomic mass is 16.2. The highest BCUT2D eigenvalue weighted by Crippen LogP contribution is 2.51. The summed E-state index contributed by atoms with van der Waals surface area (Å²) < 4.78 is 0. The quantitative estimate of drug-likeness (QED) is 0.788. The van der Waals surface area contributed by atoms with Crippen molar-refractivity contribution in [1.82, 2.24) is 10.6 Å². The lowest BCUT2D eigenvalue weighted by Gasteiger charge is -2.36. The van der Waals surface area contributed by atoms with E-state index in [1.54, 1.807) is 0 Å². The first-order valence-corrected chi connectivity index (χ1v) is 7.49. The summed E-state index contributed by atoms with van der Waals surface area (Å²) in [4.78, 5) is 12.5. The third-order valence-electron chi connectivity index (χ3n) is 4.91. The molecule has 0 aromatic rings. The molecule has 3 nitrogen and oxygen atoms in total. The van der Waals surface area contributed by atoms with Crippen molar-refractivity contribution in [3.05, 3.63) is 0 Å². The number of amides is 1. The Balaban J connectivity index is 1.87. The molecular formula is C15H28N2O. The molecule has 0 bridgehead atoms. The van der Waals surface area contributed by atoms with E-state index in [4.69, 9.17) is 0 Å². The fourth-order valence-corrected chi connectivity index (χ4v) is 3.30. The van der Waals surface area contributed by atoms with E-state index >= 15 is 0 Å². The fraction of sp³-hybridized carbons (Fsp3) is 0.933. The molecule has 0 radical (unpaired) electrons. The van der Waals surface area contributed by atoms with Gasteiger partial charge >= 0.3 is 0 Å². The van der Waals surface area contributed by atoms with Crippen LogP contribution < -0.4 is 10.6 Å². The first-order valence-electron chi connectivity index (χ1n) is 7.49. The Kier molecular flexibility index (Phi) is 4.00. The first-order chi connectivity index (χ1) is 8.50. The van der Waals surface area contributed by atoms with Gasteiger partial charge in [-0.2, -0.15) is 0 Å². The van der Waals surface area contributed by atoms with Crippen LogP contribution in [-0.4, -0.2) is 25.5 Å². The second-order valence-electron chi connectivity index (χ2n) is 6.91. The van der Waals surface area contributed by atoms with Gasteiger partial charge in [0.15, 0.2) is 0 Å². The Bertz CT molecular complexity index is 300. The van der Waals surface area contributed by atoms with Gasteiger partial charge in [0.05, 0.1) is 5.41 Å². The molecule has 2 rings (SSSR count). The monoisotopic (exact) mass is 252 g/mol. The molecule has 1 saturated heterocycles. The largest absolute Gasteiger partial charge is 0.355 e. The predicted octanol–water partition coefficient (Wildman–Crippen LogP) is 2.32. The number of piperidine rings is 1. The van der Waals surface area contributed by atoms with E-state index in [1.807, 2.05) is 0 Å². The molecule has 2 fully saturated rings. The van der Waals surface area contributed by atoms with Gasteiger partial charge in [0.1, 0.15) is 0 Å². The molecule has 1 amide bonds. The van der Waals surface area contributed by atoms with E-state index in [9.17, 15) is 4.79 Å². The first kappa shape index (κ1) is 13.9. The highest BCUT2D eigenvalue weighted by Gasteiger charge is 2.46. The van der Waals surface area contributed by atoms with E-state index in [-0.39, 0.29) is 5.41 Å². The van der Waals surface area contributed by atoms with Gasteiger partial charge in [-0.25, -0.2) is 0 Å². The SMILES string of the molecule is CCCC1(C(=O)NCC2CC2(C)C)CCCNC1. The summed E-state index contributed by atoms with van der Waals surface area (Å²) in [5.41, 5.74) is 0.321. The second-order valence-corrected chi connectivity index (χ2v) is 6.91. The summed E-state index contributed by atoms with van der Waals surface area (Å²) in [7, 11) is 0. The third-order valence-corrected chi connectivity index (χ3v) is 4.91. The molecule has 18 heavy (non-hydrogen) atoms. The van der Waals surface area contributed by atoms with Crippen LogP contribution >= 0.6 is 0 Å². The molecule has 0 spiro atoms. The number of carbonyl (C=O) groups is 1. The number of carbonyl (C=O) groups excluding carboxylic acids is 1. The van der Waals surface area contributed by atoms with E-state index in [1.165, 1.54) is 6.42 Å². The van der Waals surface area contributed by atoms with Crippen LogP contribution in [0.5, 0.6) is 0 Å². The average Bonchev–Trinajstić information content (AvgIpc) is 2.95. The van der Waals surface area contributed by atoms with Crippen molar-refractivity contribution in [3.63, 3.8) is 0 Å². The molecule has 2 atom stereocenters. The number of hydrogen-bond donors (Lipinski definition) is 2. The minimum atomic E-state index is -0.133. The lowest BCUT2D eigenvalue weighted by molar-refractivity contribution is -0.132. The van der Waals surface area contributed by atoms with Crippen LogP contribution in [0.15, 0.2) is 0 Å². The van der Waals surface area contributed by atoms with E-state index in [0.29, 0.717) is 17.2 Å². The van der Waals surface area contributed by atoms with Crippen molar-refractivity contribution < 1.29 is 4.79 Å². The summed E-state index contributed by atoms with van der Waals surface area (Å²) in [6.45, 7) is 9.54. The Labute approximate surface area is 111 Å². The summed E-state index contributed by atoms with van der Waals surface area (Å²) in [5, 5.41) is 6.62. The lowest BCUT2D eigenvalue weighted by atomic mass is 9.76. The zero-order valence-corrected chi connectivity index (χ0v) is 12.1. The van der Waals surface area contributed by atoms with Crippen molar-refractivity contribution in [2.75, 3.05) is 19.6 Å². The zero-order valence-electron chi connectivity index (χ0n) is 12.1. The second kappa shape index (κ2) is 5.20. The van der Waals surface area contributed by atoms with Crippen molar-refractivity contribution in [3.8, 4) is 0 Å². The number of rotatable bonds is 5. The smallest absolute Gasteiger partial charge is 0.227 e. The molecule has 1 aliphatic heterocycles. The van der Waals surface area contributed by atoms with Gasteiger partial charge in [-0.15, -0.1) is 0 Å². The minimum Gasteiger partial charge on any atom is -0.355 e. The molecule has 2 unspecified atom stereocenters. The average molecular weight is 252 g/mol. The van der Waals surface area contributed by atoms with E-state index in [2.05, 4.69) is 31.4 Å². The Morgan fingerprint density at radius 2 is 2.17 bits per heavy atom. The Morgan fingerprint density at radius 1 is 1.44 bits per heavy atom. The molecule has 1 heterocycles. The topological polar surface area (TPSA) is 41.1 Å². The van der Waals surface area contributed by atoms with Gasteiger partial charge in [-0.3, -0.25) is 4.79 Å². The van der Waals surface area contributed by atoms with Gasteiger partial charge in [0.25, 0.3) is 0 Å².